The quantitative estimate of drug-likeness (QED) is 0.805. The van der Waals surface area contributed by atoms with E-state index in [1.165, 1.54) is 11.3 Å². The summed E-state index contributed by atoms with van der Waals surface area (Å²) in [6, 6.07) is 3.41. The van der Waals surface area contributed by atoms with Crippen molar-refractivity contribution in [3.05, 3.63) is 21.3 Å². The van der Waals surface area contributed by atoms with E-state index in [1.807, 2.05) is 4.90 Å². The Labute approximate surface area is 140 Å². The summed E-state index contributed by atoms with van der Waals surface area (Å²) in [6.45, 7) is 3.61. The lowest BCUT2D eigenvalue weighted by Gasteiger charge is -2.40. The van der Waals surface area contributed by atoms with Gasteiger partial charge < -0.3 is 10.0 Å². The third kappa shape index (κ3) is 4.09. The predicted molar refractivity (Wildman–Crippen MR) is 88.5 cm³/mol. The number of amides is 1. The summed E-state index contributed by atoms with van der Waals surface area (Å²) < 4.78 is 0.589. The summed E-state index contributed by atoms with van der Waals surface area (Å²) in [7, 11) is 0. The monoisotopic (exact) mass is 343 g/mol. The van der Waals surface area contributed by atoms with Crippen LogP contribution >= 0.6 is 22.9 Å². The fourth-order valence-electron chi connectivity index (χ4n) is 2.82. The lowest BCUT2D eigenvalue weighted by Crippen LogP contribution is -2.44. The van der Waals surface area contributed by atoms with E-state index in [-0.39, 0.29) is 36.6 Å². The summed E-state index contributed by atoms with van der Waals surface area (Å²) in [5, 5.41) is 9.51. The second kappa shape index (κ2) is 7.57. The van der Waals surface area contributed by atoms with Crippen molar-refractivity contribution in [1.29, 1.82) is 0 Å². The van der Waals surface area contributed by atoms with Gasteiger partial charge in [-0.2, -0.15) is 0 Å². The molecule has 122 valence electrons. The summed E-state index contributed by atoms with van der Waals surface area (Å²) >= 11 is 7.07. The van der Waals surface area contributed by atoms with Crippen molar-refractivity contribution < 1.29 is 14.7 Å². The number of hydrogen-bond acceptors (Lipinski definition) is 4. The number of halogens is 1. The topological polar surface area (TPSA) is 57.6 Å². The third-order valence-corrected chi connectivity index (χ3v) is 5.95. The maximum atomic E-state index is 12.2. The maximum Gasteiger partial charge on any atom is 0.223 e. The van der Waals surface area contributed by atoms with Crippen LogP contribution in [0.5, 0.6) is 0 Å². The van der Waals surface area contributed by atoms with Gasteiger partial charge in [0.2, 0.25) is 5.91 Å². The van der Waals surface area contributed by atoms with Crippen LogP contribution in [0.25, 0.3) is 0 Å². The smallest absolute Gasteiger partial charge is 0.223 e. The average Bonchev–Trinajstić information content (AvgIpc) is 2.99. The van der Waals surface area contributed by atoms with Crippen LogP contribution in [0.2, 0.25) is 4.34 Å². The van der Waals surface area contributed by atoms with Crippen LogP contribution in [0.3, 0.4) is 0 Å². The Kier molecular flexibility index (Phi) is 6.01. The molecule has 1 aliphatic rings. The Morgan fingerprint density at radius 3 is 2.50 bits per heavy atom. The zero-order valence-corrected chi connectivity index (χ0v) is 14.4. The Morgan fingerprint density at radius 1 is 1.32 bits per heavy atom. The highest BCUT2D eigenvalue weighted by Gasteiger charge is 2.33. The largest absolute Gasteiger partial charge is 0.396 e. The predicted octanol–water partition coefficient (Wildman–Crippen LogP) is 3.38. The van der Waals surface area contributed by atoms with E-state index in [2.05, 4.69) is 6.92 Å². The van der Waals surface area contributed by atoms with Gasteiger partial charge in [-0.15, -0.1) is 11.3 Å². The van der Waals surface area contributed by atoms with Gasteiger partial charge in [0.05, 0.1) is 9.21 Å². The molecule has 1 aliphatic heterocycles. The van der Waals surface area contributed by atoms with Gasteiger partial charge in [0.1, 0.15) is 0 Å². The van der Waals surface area contributed by atoms with Crippen LogP contribution in [0.15, 0.2) is 12.1 Å². The SMILES string of the molecule is CCC1(CO)CCN(C(=O)CCC(=O)c2ccc(Cl)s2)CC1. The second-order valence-corrected chi connectivity index (χ2v) is 7.63. The number of nitrogens with zero attached hydrogens (tertiary/aromatic N) is 1. The van der Waals surface area contributed by atoms with Crippen LogP contribution in [-0.2, 0) is 4.79 Å². The molecule has 0 radical (unpaired) electrons. The van der Waals surface area contributed by atoms with E-state index < -0.39 is 0 Å². The first-order valence-electron chi connectivity index (χ1n) is 7.67. The number of aliphatic hydroxyl groups excluding tert-OH is 1. The van der Waals surface area contributed by atoms with Gasteiger partial charge >= 0.3 is 0 Å². The highest BCUT2D eigenvalue weighted by atomic mass is 35.5. The minimum atomic E-state index is -0.0275. The van der Waals surface area contributed by atoms with Crippen molar-refractivity contribution in [2.24, 2.45) is 5.41 Å². The van der Waals surface area contributed by atoms with Gasteiger partial charge in [0.15, 0.2) is 5.78 Å². The number of thiophene rings is 1. The average molecular weight is 344 g/mol. The molecule has 1 saturated heterocycles. The molecule has 1 fully saturated rings. The molecule has 2 heterocycles. The highest BCUT2D eigenvalue weighted by Crippen LogP contribution is 2.34. The summed E-state index contributed by atoms with van der Waals surface area (Å²) in [5.41, 5.74) is -0.0275. The fourth-order valence-corrected chi connectivity index (χ4v) is 3.83. The van der Waals surface area contributed by atoms with Gasteiger partial charge in [-0.3, -0.25) is 9.59 Å². The fraction of sp³-hybridized carbons (Fsp3) is 0.625. The molecule has 6 heteroatoms. The van der Waals surface area contributed by atoms with Crippen molar-refractivity contribution in [3.8, 4) is 0 Å². The molecule has 0 saturated carbocycles. The highest BCUT2D eigenvalue weighted by molar-refractivity contribution is 7.18. The molecule has 1 aromatic rings. The molecule has 1 aromatic heterocycles. The molecule has 0 bridgehead atoms. The Balaban J connectivity index is 1.80. The van der Waals surface area contributed by atoms with E-state index in [1.54, 1.807) is 12.1 Å². The summed E-state index contributed by atoms with van der Waals surface area (Å²) in [5.74, 6) is -0.000770. The van der Waals surface area contributed by atoms with Gasteiger partial charge in [0.25, 0.3) is 0 Å². The van der Waals surface area contributed by atoms with Crippen LogP contribution in [0, 0.1) is 5.41 Å². The standard InChI is InChI=1S/C16H22ClNO3S/c1-2-16(11-19)7-9-18(10-8-16)15(21)6-3-12(20)13-4-5-14(17)22-13/h4-5,19H,2-3,6-11H2,1H3. The number of ketones is 1. The van der Waals surface area contributed by atoms with Gasteiger partial charge in [-0.1, -0.05) is 18.5 Å². The van der Waals surface area contributed by atoms with Gasteiger partial charge in [-0.05, 0) is 36.8 Å². The third-order valence-electron chi connectivity index (χ3n) is 4.68. The number of carbonyl (C=O) groups is 2. The van der Waals surface area contributed by atoms with Crippen molar-refractivity contribution in [2.75, 3.05) is 19.7 Å². The van der Waals surface area contributed by atoms with E-state index in [4.69, 9.17) is 11.6 Å². The first-order chi connectivity index (χ1) is 10.5. The molecular weight excluding hydrogens is 322 g/mol. The molecule has 0 aliphatic carbocycles. The number of likely N-dealkylation sites (tertiary alicyclic amines) is 1. The van der Waals surface area contributed by atoms with Crippen molar-refractivity contribution in [2.45, 2.75) is 39.0 Å². The molecule has 0 atom stereocenters. The minimum Gasteiger partial charge on any atom is -0.396 e. The van der Waals surface area contributed by atoms with E-state index in [0.29, 0.717) is 22.3 Å². The van der Waals surface area contributed by atoms with Crippen LogP contribution < -0.4 is 0 Å². The molecular formula is C16H22ClNO3S. The first-order valence-corrected chi connectivity index (χ1v) is 8.86. The molecule has 1 amide bonds. The minimum absolute atomic E-state index is 0.0265. The maximum absolute atomic E-state index is 12.2. The van der Waals surface area contributed by atoms with Crippen LogP contribution in [-0.4, -0.2) is 41.4 Å². The number of aliphatic hydroxyl groups is 1. The first kappa shape index (κ1) is 17.4. The summed E-state index contributed by atoms with van der Waals surface area (Å²) in [4.78, 5) is 26.6. The number of Topliss-reactive ketones (excluding diaryl/α,β-unsaturated/α-hetero) is 1. The molecule has 4 nitrogen and oxygen atoms in total. The van der Waals surface area contributed by atoms with Crippen LogP contribution in [0.1, 0.15) is 48.7 Å². The molecule has 0 unspecified atom stereocenters. The van der Waals surface area contributed by atoms with Crippen LogP contribution in [0.4, 0.5) is 0 Å². The van der Waals surface area contributed by atoms with Gasteiger partial charge in [-0.25, -0.2) is 0 Å². The molecule has 0 spiro atoms. The second-order valence-electron chi connectivity index (χ2n) is 5.92. The number of rotatable bonds is 6. The summed E-state index contributed by atoms with van der Waals surface area (Å²) in [6.07, 6.45) is 3.07. The molecule has 22 heavy (non-hydrogen) atoms. The van der Waals surface area contributed by atoms with E-state index in [9.17, 15) is 14.7 Å². The zero-order valence-electron chi connectivity index (χ0n) is 12.8. The number of piperidine rings is 1. The number of carbonyl (C=O) groups excluding carboxylic acids is 2. The van der Waals surface area contributed by atoms with Crippen molar-refractivity contribution >= 4 is 34.6 Å². The van der Waals surface area contributed by atoms with Crippen molar-refractivity contribution in [1.82, 2.24) is 4.90 Å². The normalized spacial score (nSPS) is 17.5. The Bertz CT molecular complexity index is 529. The lowest BCUT2D eigenvalue weighted by atomic mass is 9.77. The zero-order chi connectivity index (χ0) is 16.2. The van der Waals surface area contributed by atoms with Gasteiger partial charge in [0, 0.05) is 32.5 Å². The number of hydrogen-bond donors (Lipinski definition) is 1. The van der Waals surface area contributed by atoms with E-state index >= 15 is 0 Å². The Morgan fingerprint density at radius 2 is 2.00 bits per heavy atom. The van der Waals surface area contributed by atoms with Crippen molar-refractivity contribution in [3.63, 3.8) is 0 Å². The lowest BCUT2D eigenvalue weighted by molar-refractivity contribution is -0.134. The molecule has 1 N–H and O–H groups in total. The molecule has 2 rings (SSSR count). The van der Waals surface area contributed by atoms with E-state index in [0.717, 1.165) is 19.3 Å². The molecule has 0 aromatic carbocycles. The Hall–Kier alpha value is -0.910.